The van der Waals surface area contributed by atoms with Gasteiger partial charge >= 0.3 is 12.1 Å². The van der Waals surface area contributed by atoms with E-state index in [0.29, 0.717) is 12.2 Å². The van der Waals surface area contributed by atoms with Crippen LogP contribution in [0.2, 0.25) is 0 Å². The fourth-order valence-electron chi connectivity index (χ4n) is 1.08. The number of anilines is 1. The molecule has 0 saturated carbocycles. The van der Waals surface area contributed by atoms with E-state index in [-0.39, 0.29) is 12.4 Å². The van der Waals surface area contributed by atoms with E-state index in [4.69, 9.17) is 9.47 Å². The van der Waals surface area contributed by atoms with Gasteiger partial charge < -0.3 is 9.47 Å². The number of pyridine rings is 1. The molecule has 96 valence electrons. The minimum atomic E-state index is -0.633. The minimum Gasteiger partial charge on any atom is -0.462 e. The topological polar surface area (TPSA) is 77.5 Å². The molecule has 0 atom stereocenters. The van der Waals surface area contributed by atoms with Crippen LogP contribution in [0.15, 0.2) is 31.0 Å². The molecule has 18 heavy (non-hydrogen) atoms. The Morgan fingerprint density at radius 1 is 1.44 bits per heavy atom. The number of carbonyl (C=O) groups is 2. The average molecular weight is 250 g/mol. The number of nitrogens with zero attached hydrogens (tertiary/aromatic N) is 1. The number of esters is 1. The number of hydrogen-bond acceptors (Lipinski definition) is 5. The number of amides is 1. The summed E-state index contributed by atoms with van der Waals surface area (Å²) in [7, 11) is 0. The maximum atomic E-state index is 11.3. The lowest BCUT2D eigenvalue weighted by molar-refractivity contribution is 0.0526. The Morgan fingerprint density at radius 2 is 2.22 bits per heavy atom. The molecule has 6 heteroatoms. The zero-order chi connectivity index (χ0) is 13.4. The van der Waals surface area contributed by atoms with Gasteiger partial charge in [0.15, 0.2) is 0 Å². The molecule has 0 aliphatic heterocycles. The van der Waals surface area contributed by atoms with Crippen molar-refractivity contribution in [2.45, 2.75) is 6.92 Å². The Kier molecular flexibility index (Phi) is 5.37. The Labute approximate surface area is 105 Å². The first kappa shape index (κ1) is 13.7. The van der Waals surface area contributed by atoms with Crippen molar-refractivity contribution in [3.8, 4) is 0 Å². The maximum absolute atomic E-state index is 11.3. The Morgan fingerprint density at radius 3 is 2.78 bits per heavy atom. The summed E-state index contributed by atoms with van der Waals surface area (Å²) in [5, 5.41) is 2.40. The number of ether oxygens (including phenoxy) is 2. The van der Waals surface area contributed by atoms with E-state index >= 15 is 0 Å². The van der Waals surface area contributed by atoms with E-state index in [1.54, 1.807) is 6.92 Å². The highest BCUT2D eigenvalue weighted by molar-refractivity contribution is 5.90. The van der Waals surface area contributed by atoms with Gasteiger partial charge in [-0.05, 0) is 19.1 Å². The van der Waals surface area contributed by atoms with Crippen LogP contribution in [0.4, 0.5) is 10.6 Å². The minimum absolute atomic E-state index is 0.118. The molecule has 0 radical (unpaired) electrons. The average Bonchev–Trinajstić information content (AvgIpc) is 2.37. The summed E-state index contributed by atoms with van der Waals surface area (Å²) in [6.07, 6.45) is 2.14. The molecule has 0 unspecified atom stereocenters. The standard InChI is InChI=1S/C12H14N2O4/c1-3-7-18-12(16)14-10-6-5-9(8-13-10)11(15)17-4-2/h3,5-6,8H,1,4,7H2,2H3,(H,13,14,16). The molecule has 1 aromatic heterocycles. The Hall–Kier alpha value is -2.37. The first-order chi connectivity index (χ1) is 8.67. The van der Waals surface area contributed by atoms with Gasteiger partial charge in [0.25, 0.3) is 0 Å². The molecular formula is C12H14N2O4. The van der Waals surface area contributed by atoms with Gasteiger partial charge in [-0.1, -0.05) is 12.7 Å². The van der Waals surface area contributed by atoms with E-state index in [2.05, 4.69) is 16.9 Å². The van der Waals surface area contributed by atoms with Crippen LogP contribution in [-0.2, 0) is 9.47 Å². The van der Waals surface area contributed by atoms with Crippen molar-refractivity contribution in [1.29, 1.82) is 0 Å². The molecule has 1 rings (SSSR count). The van der Waals surface area contributed by atoms with Crippen LogP contribution in [0.3, 0.4) is 0 Å². The van der Waals surface area contributed by atoms with Gasteiger partial charge in [0.1, 0.15) is 12.4 Å². The van der Waals surface area contributed by atoms with Crippen molar-refractivity contribution in [2.24, 2.45) is 0 Å². The van der Waals surface area contributed by atoms with Gasteiger partial charge in [-0.15, -0.1) is 0 Å². The highest BCUT2D eigenvalue weighted by atomic mass is 16.5. The number of carbonyl (C=O) groups excluding carboxylic acids is 2. The second kappa shape index (κ2) is 7.05. The van der Waals surface area contributed by atoms with Crippen LogP contribution >= 0.6 is 0 Å². The summed E-state index contributed by atoms with van der Waals surface area (Å²) in [4.78, 5) is 26.4. The molecule has 1 amide bonds. The van der Waals surface area contributed by atoms with Crippen LogP contribution < -0.4 is 5.32 Å². The van der Waals surface area contributed by atoms with Gasteiger partial charge in [0, 0.05) is 6.20 Å². The third-order valence-electron chi connectivity index (χ3n) is 1.84. The van der Waals surface area contributed by atoms with E-state index in [1.807, 2.05) is 0 Å². The smallest absolute Gasteiger partial charge is 0.413 e. The highest BCUT2D eigenvalue weighted by Crippen LogP contribution is 2.06. The first-order valence-electron chi connectivity index (χ1n) is 5.35. The van der Waals surface area contributed by atoms with Crippen LogP contribution in [0.5, 0.6) is 0 Å². The van der Waals surface area contributed by atoms with Crippen LogP contribution in [0.25, 0.3) is 0 Å². The van der Waals surface area contributed by atoms with E-state index in [9.17, 15) is 9.59 Å². The lowest BCUT2D eigenvalue weighted by atomic mass is 10.3. The zero-order valence-electron chi connectivity index (χ0n) is 10.0. The normalized spacial score (nSPS) is 9.39. The van der Waals surface area contributed by atoms with Crippen molar-refractivity contribution in [3.63, 3.8) is 0 Å². The Bertz CT molecular complexity index is 428. The van der Waals surface area contributed by atoms with E-state index < -0.39 is 12.1 Å². The second-order valence-corrected chi connectivity index (χ2v) is 3.16. The lowest BCUT2D eigenvalue weighted by Crippen LogP contribution is -2.14. The molecule has 0 fully saturated rings. The van der Waals surface area contributed by atoms with Gasteiger partial charge in [-0.2, -0.15) is 0 Å². The quantitative estimate of drug-likeness (QED) is 0.638. The van der Waals surface area contributed by atoms with Crippen LogP contribution in [0.1, 0.15) is 17.3 Å². The zero-order valence-corrected chi connectivity index (χ0v) is 10.0. The number of hydrogen-bond donors (Lipinski definition) is 1. The van der Waals surface area contributed by atoms with Crippen LogP contribution in [-0.4, -0.2) is 30.3 Å². The largest absolute Gasteiger partial charge is 0.462 e. The molecule has 0 saturated heterocycles. The second-order valence-electron chi connectivity index (χ2n) is 3.16. The molecule has 1 heterocycles. The van der Waals surface area contributed by atoms with Gasteiger partial charge in [0.05, 0.1) is 12.2 Å². The summed E-state index contributed by atoms with van der Waals surface area (Å²) in [5.41, 5.74) is 0.321. The van der Waals surface area contributed by atoms with Crippen molar-refractivity contribution < 1.29 is 19.1 Å². The number of aromatic nitrogens is 1. The van der Waals surface area contributed by atoms with Crippen LogP contribution in [0, 0.1) is 0 Å². The summed E-state index contributed by atoms with van der Waals surface area (Å²) >= 11 is 0. The molecule has 1 N–H and O–H groups in total. The van der Waals surface area contributed by atoms with Crippen molar-refractivity contribution >= 4 is 17.9 Å². The monoisotopic (exact) mass is 250 g/mol. The molecule has 0 aromatic carbocycles. The summed E-state index contributed by atoms with van der Waals surface area (Å²) < 4.78 is 9.51. The first-order valence-corrected chi connectivity index (χ1v) is 5.35. The fourth-order valence-corrected chi connectivity index (χ4v) is 1.08. The summed E-state index contributed by atoms with van der Waals surface area (Å²) in [6.45, 7) is 5.55. The number of rotatable bonds is 5. The van der Waals surface area contributed by atoms with Crippen molar-refractivity contribution in [3.05, 3.63) is 36.5 Å². The molecule has 1 aromatic rings. The van der Waals surface area contributed by atoms with E-state index in [1.165, 1.54) is 24.4 Å². The molecule has 0 aliphatic carbocycles. The molecular weight excluding hydrogens is 236 g/mol. The SMILES string of the molecule is C=CCOC(=O)Nc1ccc(C(=O)OCC)cn1. The highest BCUT2D eigenvalue weighted by Gasteiger charge is 2.08. The lowest BCUT2D eigenvalue weighted by Gasteiger charge is -2.05. The number of nitrogens with one attached hydrogen (secondary N) is 1. The van der Waals surface area contributed by atoms with Gasteiger partial charge in [0.2, 0.25) is 0 Å². The predicted molar refractivity (Wildman–Crippen MR) is 65.4 cm³/mol. The van der Waals surface area contributed by atoms with Gasteiger partial charge in [-0.3, -0.25) is 5.32 Å². The molecule has 0 spiro atoms. The molecule has 6 nitrogen and oxygen atoms in total. The fraction of sp³-hybridized carbons (Fsp3) is 0.250. The van der Waals surface area contributed by atoms with Crippen molar-refractivity contribution in [1.82, 2.24) is 4.98 Å². The Balaban J connectivity index is 2.57. The molecule has 0 bridgehead atoms. The summed E-state index contributed by atoms with van der Waals surface area (Å²) in [6, 6.07) is 3.00. The third kappa shape index (κ3) is 4.25. The van der Waals surface area contributed by atoms with E-state index in [0.717, 1.165) is 0 Å². The molecule has 0 aliphatic rings. The predicted octanol–water partition coefficient (Wildman–Crippen LogP) is 1.99. The van der Waals surface area contributed by atoms with Crippen molar-refractivity contribution in [2.75, 3.05) is 18.5 Å². The van der Waals surface area contributed by atoms with Gasteiger partial charge in [-0.25, -0.2) is 14.6 Å². The summed E-state index contributed by atoms with van der Waals surface area (Å²) in [5.74, 6) is -0.164. The third-order valence-corrected chi connectivity index (χ3v) is 1.84. The maximum Gasteiger partial charge on any atom is 0.413 e.